The van der Waals surface area contributed by atoms with E-state index in [1.165, 1.54) is 12.8 Å². The SMILES string of the molecule is CC(C)S(=O)(=O)CCNCC1CC1. The first-order chi connectivity index (χ1) is 6.02. The molecule has 1 rings (SSSR count). The summed E-state index contributed by atoms with van der Waals surface area (Å²) in [6.07, 6.45) is 2.62. The van der Waals surface area contributed by atoms with Gasteiger partial charge in [-0.25, -0.2) is 8.42 Å². The van der Waals surface area contributed by atoms with E-state index in [0.29, 0.717) is 6.54 Å². The van der Waals surface area contributed by atoms with Crippen LogP contribution >= 0.6 is 0 Å². The van der Waals surface area contributed by atoms with Gasteiger partial charge in [-0.2, -0.15) is 0 Å². The summed E-state index contributed by atoms with van der Waals surface area (Å²) >= 11 is 0. The third-order valence-electron chi connectivity index (χ3n) is 2.41. The van der Waals surface area contributed by atoms with E-state index in [9.17, 15) is 8.42 Å². The zero-order valence-corrected chi connectivity index (χ0v) is 9.23. The van der Waals surface area contributed by atoms with Crippen LogP contribution in [-0.4, -0.2) is 32.5 Å². The standard InChI is InChI=1S/C9H19NO2S/c1-8(2)13(11,12)6-5-10-7-9-3-4-9/h8-10H,3-7H2,1-2H3. The Morgan fingerprint density at radius 2 is 2.00 bits per heavy atom. The zero-order chi connectivity index (χ0) is 9.90. The number of rotatable bonds is 6. The van der Waals surface area contributed by atoms with Crippen molar-refractivity contribution in [1.29, 1.82) is 0 Å². The number of hydrogen-bond donors (Lipinski definition) is 1. The van der Waals surface area contributed by atoms with Gasteiger partial charge in [0.2, 0.25) is 0 Å². The lowest BCUT2D eigenvalue weighted by Crippen LogP contribution is -2.28. The van der Waals surface area contributed by atoms with Crippen molar-refractivity contribution in [2.45, 2.75) is 31.9 Å². The lowest BCUT2D eigenvalue weighted by atomic mass is 10.4. The molecule has 0 aromatic heterocycles. The van der Waals surface area contributed by atoms with Crippen molar-refractivity contribution in [3.63, 3.8) is 0 Å². The Kier molecular flexibility index (Phi) is 3.74. The second kappa shape index (κ2) is 4.42. The summed E-state index contributed by atoms with van der Waals surface area (Å²) in [4.78, 5) is 0. The Morgan fingerprint density at radius 3 is 2.46 bits per heavy atom. The molecule has 0 bridgehead atoms. The summed E-state index contributed by atoms with van der Waals surface area (Å²) in [5.41, 5.74) is 0. The van der Waals surface area contributed by atoms with Gasteiger partial charge in [-0.3, -0.25) is 0 Å². The normalized spacial score (nSPS) is 18.1. The molecular weight excluding hydrogens is 186 g/mol. The fourth-order valence-corrected chi connectivity index (χ4v) is 1.98. The molecule has 4 heteroatoms. The van der Waals surface area contributed by atoms with Gasteiger partial charge in [0.25, 0.3) is 0 Å². The van der Waals surface area contributed by atoms with Crippen LogP contribution in [0.15, 0.2) is 0 Å². The van der Waals surface area contributed by atoms with Gasteiger partial charge < -0.3 is 5.32 Å². The summed E-state index contributed by atoms with van der Waals surface area (Å²) < 4.78 is 22.7. The van der Waals surface area contributed by atoms with Crippen LogP contribution in [0.4, 0.5) is 0 Å². The monoisotopic (exact) mass is 205 g/mol. The minimum Gasteiger partial charge on any atom is -0.315 e. The maximum atomic E-state index is 11.4. The van der Waals surface area contributed by atoms with Gasteiger partial charge in [-0.15, -0.1) is 0 Å². The van der Waals surface area contributed by atoms with Gasteiger partial charge >= 0.3 is 0 Å². The molecule has 13 heavy (non-hydrogen) atoms. The van der Waals surface area contributed by atoms with Gasteiger partial charge in [-0.05, 0) is 39.2 Å². The third kappa shape index (κ3) is 4.09. The van der Waals surface area contributed by atoms with Crippen molar-refractivity contribution in [3.8, 4) is 0 Å². The number of nitrogens with one attached hydrogen (secondary N) is 1. The predicted molar refractivity (Wildman–Crippen MR) is 54.5 cm³/mol. The first-order valence-electron chi connectivity index (χ1n) is 4.94. The molecule has 1 fully saturated rings. The molecule has 3 nitrogen and oxygen atoms in total. The van der Waals surface area contributed by atoms with Crippen molar-refractivity contribution in [2.24, 2.45) is 5.92 Å². The molecule has 1 aliphatic rings. The fraction of sp³-hybridized carbons (Fsp3) is 1.00. The molecule has 78 valence electrons. The van der Waals surface area contributed by atoms with E-state index in [2.05, 4.69) is 5.32 Å². The van der Waals surface area contributed by atoms with E-state index >= 15 is 0 Å². The fourth-order valence-electron chi connectivity index (χ4n) is 1.08. The molecule has 0 amide bonds. The molecule has 0 saturated heterocycles. The molecule has 1 aliphatic carbocycles. The second-order valence-electron chi connectivity index (χ2n) is 4.06. The molecule has 0 atom stereocenters. The second-order valence-corrected chi connectivity index (χ2v) is 6.74. The average Bonchev–Trinajstić information content (AvgIpc) is 2.81. The average molecular weight is 205 g/mol. The van der Waals surface area contributed by atoms with Crippen molar-refractivity contribution >= 4 is 9.84 Å². The van der Waals surface area contributed by atoms with Gasteiger partial charge in [-0.1, -0.05) is 0 Å². The molecule has 0 aliphatic heterocycles. The topological polar surface area (TPSA) is 46.2 Å². The quantitative estimate of drug-likeness (QED) is 0.653. The van der Waals surface area contributed by atoms with Crippen molar-refractivity contribution in [3.05, 3.63) is 0 Å². The van der Waals surface area contributed by atoms with E-state index in [1.807, 2.05) is 0 Å². The Balaban J connectivity index is 2.09. The van der Waals surface area contributed by atoms with Crippen molar-refractivity contribution in [2.75, 3.05) is 18.8 Å². The smallest absolute Gasteiger partial charge is 0.153 e. The molecule has 1 N–H and O–H groups in total. The van der Waals surface area contributed by atoms with Crippen LogP contribution in [0.1, 0.15) is 26.7 Å². The van der Waals surface area contributed by atoms with Crippen molar-refractivity contribution < 1.29 is 8.42 Å². The summed E-state index contributed by atoms with van der Waals surface area (Å²) in [6.45, 7) is 5.07. The van der Waals surface area contributed by atoms with E-state index in [-0.39, 0.29) is 11.0 Å². The third-order valence-corrected chi connectivity index (χ3v) is 4.62. The predicted octanol–water partition coefficient (Wildman–Crippen LogP) is 0.809. The maximum Gasteiger partial charge on any atom is 0.153 e. The van der Waals surface area contributed by atoms with Crippen LogP contribution in [0.5, 0.6) is 0 Å². The minimum atomic E-state index is -2.84. The molecule has 0 spiro atoms. The lowest BCUT2D eigenvalue weighted by Gasteiger charge is -2.07. The van der Waals surface area contributed by atoms with Gasteiger partial charge in [0.15, 0.2) is 9.84 Å². The van der Waals surface area contributed by atoms with E-state index in [0.717, 1.165) is 12.5 Å². The molecule has 0 radical (unpaired) electrons. The van der Waals surface area contributed by atoms with Crippen LogP contribution in [0.25, 0.3) is 0 Å². The highest BCUT2D eigenvalue weighted by Crippen LogP contribution is 2.27. The zero-order valence-electron chi connectivity index (χ0n) is 8.41. The molecule has 1 saturated carbocycles. The van der Waals surface area contributed by atoms with Crippen LogP contribution < -0.4 is 5.32 Å². The Labute approximate surface area is 80.8 Å². The molecule has 0 aromatic rings. The first kappa shape index (κ1) is 11.0. The van der Waals surface area contributed by atoms with Crippen LogP contribution in [0.3, 0.4) is 0 Å². The highest BCUT2D eigenvalue weighted by Gasteiger charge is 2.21. The van der Waals surface area contributed by atoms with Crippen molar-refractivity contribution in [1.82, 2.24) is 5.32 Å². The molecule has 0 unspecified atom stereocenters. The van der Waals surface area contributed by atoms with Gasteiger partial charge in [0, 0.05) is 6.54 Å². The summed E-state index contributed by atoms with van der Waals surface area (Å²) in [5, 5.41) is 2.94. The molecule has 0 heterocycles. The van der Waals surface area contributed by atoms with Gasteiger partial charge in [0.05, 0.1) is 11.0 Å². The van der Waals surface area contributed by atoms with Crippen LogP contribution in [-0.2, 0) is 9.84 Å². The number of hydrogen-bond acceptors (Lipinski definition) is 3. The lowest BCUT2D eigenvalue weighted by molar-refractivity contribution is 0.579. The summed E-state index contributed by atoms with van der Waals surface area (Å²) in [7, 11) is -2.84. The first-order valence-corrected chi connectivity index (χ1v) is 6.66. The Hall–Kier alpha value is -0.0900. The van der Waals surface area contributed by atoms with Crippen LogP contribution in [0, 0.1) is 5.92 Å². The molecule has 0 aromatic carbocycles. The Morgan fingerprint density at radius 1 is 1.38 bits per heavy atom. The highest BCUT2D eigenvalue weighted by atomic mass is 32.2. The molecular formula is C9H19NO2S. The highest BCUT2D eigenvalue weighted by molar-refractivity contribution is 7.92. The number of sulfone groups is 1. The maximum absolute atomic E-state index is 11.4. The largest absolute Gasteiger partial charge is 0.315 e. The van der Waals surface area contributed by atoms with E-state index in [1.54, 1.807) is 13.8 Å². The Bertz CT molecular complexity index is 242. The van der Waals surface area contributed by atoms with Gasteiger partial charge in [0.1, 0.15) is 0 Å². The van der Waals surface area contributed by atoms with Crippen LogP contribution in [0.2, 0.25) is 0 Å². The summed E-state index contributed by atoms with van der Waals surface area (Å²) in [5.74, 6) is 1.10. The summed E-state index contributed by atoms with van der Waals surface area (Å²) in [6, 6.07) is 0. The van der Waals surface area contributed by atoms with E-state index < -0.39 is 9.84 Å². The minimum absolute atomic E-state index is 0.241. The van der Waals surface area contributed by atoms with E-state index in [4.69, 9.17) is 0 Å².